The van der Waals surface area contributed by atoms with Gasteiger partial charge in [0.15, 0.2) is 5.96 Å². The number of likely N-dealkylation sites (N-methyl/N-ethyl adjacent to an activating group) is 1. The largest absolute Gasteiger partial charge is 0.378 e. The lowest BCUT2D eigenvalue weighted by molar-refractivity contribution is 0.0258. The van der Waals surface area contributed by atoms with E-state index in [1.165, 1.54) is 19.4 Å². The number of aliphatic imine (C=N–C) groups is 1. The molecule has 5 nitrogen and oxygen atoms in total. The Morgan fingerprint density at radius 2 is 2.00 bits per heavy atom. The predicted octanol–water partition coefficient (Wildman–Crippen LogP) is 3.10. The summed E-state index contributed by atoms with van der Waals surface area (Å²) in [6.07, 6.45) is 3.92. The fourth-order valence-corrected chi connectivity index (χ4v) is 3.21. The molecule has 2 unspecified atom stereocenters. The third-order valence-corrected chi connectivity index (χ3v) is 4.56. The lowest BCUT2D eigenvalue weighted by Crippen LogP contribution is -2.40. The zero-order valence-corrected chi connectivity index (χ0v) is 18.6. The van der Waals surface area contributed by atoms with E-state index >= 15 is 0 Å². The van der Waals surface area contributed by atoms with Crippen molar-refractivity contribution in [3.63, 3.8) is 0 Å². The number of likely N-dealkylation sites (tertiary alicyclic amines) is 1. The molecule has 1 aliphatic heterocycles. The van der Waals surface area contributed by atoms with Crippen molar-refractivity contribution in [2.75, 3.05) is 39.3 Å². The van der Waals surface area contributed by atoms with E-state index in [0.717, 1.165) is 45.2 Å². The highest BCUT2D eigenvalue weighted by Gasteiger charge is 2.22. The molecule has 0 spiro atoms. The number of nitrogens with one attached hydrogen (secondary N) is 2. The van der Waals surface area contributed by atoms with Gasteiger partial charge in [-0.15, -0.1) is 24.0 Å². The second-order valence-electron chi connectivity index (χ2n) is 6.60. The number of guanidine groups is 1. The summed E-state index contributed by atoms with van der Waals surface area (Å²) in [4.78, 5) is 7.33. The summed E-state index contributed by atoms with van der Waals surface area (Å²) in [6, 6.07) is 0.613. The molecule has 0 aromatic heterocycles. The summed E-state index contributed by atoms with van der Waals surface area (Å²) in [5.41, 5.74) is 0. The molecule has 0 amide bonds. The monoisotopic (exact) mass is 454 g/mol. The summed E-state index contributed by atoms with van der Waals surface area (Å²) in [5.74, 6) is 1.49. The molecule has 1 fully saturated rings. The van der Waals surface area contributed by atoms with E-state index < -0.39 is 0 Å². The van der Waals surface area contributed by atoms with Crippen molar-refractivity contribution in [2.45, 2.75) is 66.0 Å². The molecule has 0 aromatic carbocycles. The second kappa shape index (κ2) is 14.1. The van der Waals surface area contributed by atoms with E-state index in [0.29, 0.717) is 18.1 Å². The number of ether oxygens (including phenoxy) is 1. The van der Waals surface area contributed by atoms with Gasteiger partial charge in [-0.1, -0.05) is 20.8 Å². The van der Waals surface area contributed by atoms with Crippen molar-refractivity contribution in [3.05, 3.63) is 0 Å². The molecule has 1 heterocycles. The Balaban J connectivity index is 0.00000529. The third kappa shape index (κ3) is 8.85. The molecule has 0 radical (unpaired) electrons. The van der Waals surface area contributed by atoms with Crippen LogP contribution in [-0.2, 0) is 4.74 Å². The predicted molar refractivity (Wildman–Crippen MR) is 115 cm³/mol. The lowest BCUT2D eigenvalue weighted by Gasteiger charge is -2.23. The first-order chi connectivity index (χ1) is 11.1. The summed E-state index contributed by atoms with van der Waals surface area (Å²) in [7, 11) is 0. The molecule has 1 aliphatic rings. The zero-order chi connectivity index (χ0) is 17.1. The van der Waals surface area contributed by atoms with Crippen LogP contribution in [0.4, 0.5) is 0 Å². The topological polar surface area (TPSA) is 48.9 Å². The quantitative estimate of drug-likeness (QED) is 0.303. The molecule has 1 rings (SSSR count). The Morgan fingerprint density at radius 3 is 2.58 bits per heavy atom. The van der Waals surface area contributed by atoms with E-state index in [9.17, 15) is 0 Å². The van der Waals surface area contributed by atoms with Crippen LogP contribution in [0.15, 0.2) is 4.99 Å². The highest BCUT2D eigenvalue weighted by molar-refractivity contribution is 14.0. The Morgan fingerprint density at radius 1 is 1.25 bits per heavy atom. The minimum atomic E-state index is 0. The summed E-state index contributed by atoms with van der Waals surface area (Å²) in [6.45, 7) is 16.7. The molecule has 0 bridgehead atoms. The maximum Gasteiger partial charge on any atom is 0.191 e. The first-order valence-corrected chi connectivity index (χ1v) is 9.50. The van der Waals surface area contributed by atoms with Gasteiger partial charge in [-0.25, -0.2) is 0 Å². The molecule has 0 saturated carbocycles. The van der Waals surface area contributed by atoms with E-state index in [4.69, 9.17) is 9.73 Å². The van der Waals surface area contributed by atoms with Gasteiger partial charge in [0, 0.05) is 25.7 Å². The normalized spacial score (nSPS) is 20.1. The highest BCUT2D eigenvalue weighted by atomic mass is 127. The third-order valence-electron chi connectivity index (χ3n) is 4.56. The van der Waals surface area contributed by atoms with Crippen molar-refractivity contribution >= 4 is 29.9 Å². The van der Waals surface area contributed by atoms with Crippen LogP contribution in [0.3, 0.4) is 0 Å². The number of nitrogens with zero attached hydrogens (tertiary/aromatic N) is 2. The summed E-state index contributed by atoms with van der Waals surface area (Å²) >= 11 is 0. The van der Waals surface area contributed by atoms with Crippen LogP contribution in [0, 0.1) is 5.92 Å². The van der Waals surface area contributed by atoms with Crippen molar-refractivity contribution in [3.8, 4) is 0 Å². The van der Waals surface area contributed by atoms with E-state index in [2.05, 4.69) is 50.2 Å². The molecule has 0 aromatic rings. The fourth-order valence-electron chi connectivity index (χ4n) is 3.21. The van der Waals surface area contributed by atoms with Gasteiger partial charge in [-0.3, -0.25) is 9.89 Å². The number of hydrogen-bond acceptors (Lipinski definition) is 3. The highest BCUT2D eigenvalue weighted by Crippen LogP contribution is 2.16. The maximum absolute atomic E-state index is 5.81. The minimum Gasteiger partial charge on any atom is -0.378 e. The SMILES string of the molecule is CCNC(=NCC1CCCN1CC)NCCC(OCC)C(C)C.I. The van der Waals surface area contributed by atoms with E-state index in [1.807, 2.05) is 0 Å². The van der Waals surface area contributed by atoms with Gasteiger partial charge in [0.05, 0.1) is 12.6 Å². The Hall–Kier alpha value is -0.0800. The number of rotatable bonds is 10. The number of halogens is 1. The van der Waals surface area contributed by atoms with Crippen LogP contribution in [0.25, 0.3) is 0 Å². The molecule has 24 heavy (non-hydrogen) atoms. The van der Waals surface area contributed by atoms with Crippen LogP contribution in [-0.4, -0.2) is 62.3 Å². The van der Waals surface area contributed by atoms with E-state index in [-0.39, 0.29) is 24.0 Å². The van der Waals surface area contributed by atoms with Crippen LogP contribution in [0.2, 0.25) is 0 Å². The molecule has 144 valence electrons. The lowest BCUT2D eigenvalue weighted by atomic mass is 10.0. The molecular formula is C18H39IN4O. The van der Waals surface area contributed by atoms with Gasteiger partial charge >= 0.3 is 0 Å². The molecule has 6 heteroatoms. The van der Waals surface area contributed by atoms with Crippen molar-refractivity contribution < 1.29 is 4.74 Å². The summed E-state index contributed by atoms with van der Waals surface area (Å²) in [5, 5.41) is 6.82. The first kappa shape index (κ1) is 23.9. The smallest absolute Gasteiger partial charge is 0.191 e. The van der Waals surface area contributed by atoms with Crippen LogP contribution >= 0.6 is 24.0 Å². The van der Waals surface area contributed by atoms with Crippen LogP contribution < -0.4 is 10.6 Å². The average molecular weight is 454 g/mol. The fraction of sp³-hybridized carbons (Fsp3) is 0.944. The molecule has 1 saturated heterocycles. The standard InChI is InChI=1S/C18H38N4O.HI/c1-6-19-18(20-12-11-17(15(4)5)23-8-3)21-14-16-10-9-13-22(16)7-2;/h15-17H,6-14H2,1-5H3,(H2,19,20,21);1H. The minimum absolute atomic E-state index is 0. The first-order valence-electron chi connectivity index (χ1n) is 9.50. The molecular weight excluding hydrogens is 415 g/mol. The summed E-state index contributed by atoms with van der Waals surface area (Å²) < 4.78 is 5.81. The average Bonchev–Trinajstić information content (AvgIpc) is 2.99. The van der Waals surface area contributed by atoms with Crippen LogP contribution in [0.1, 0.15) is 53.9 Å². The van der Waals surface area contributed by atoms with Gasteiger partial charge < -0.3 is 15.4 Å². The molecule has 0 aliphatic carbocycles. The zero-order valence-electron chi connectivity index (χ0n) is 16.3. The van der Waals surface area contributed by atoms with Crippen molar-refractivity contribution in [1.82, 2.24) is 15.5 Å². The Bertz CT molecular complexity index is 339. The Labute approximate surface area is 166 Å². The van der Waals surface area contributed by atoms with Gasteiger partial charge in [0.2, 0.25) is 0 Å². The second-order valence-corrected chi connectivity index (χ2v) is 6.60. The maximum atomic E-state index is 5.81. The molecule has 2 N–H and O–H groups in total. The Kier molecular flexibility index (Phi) is 14.1. The van der Waals surface area contributed by atoms with E-state index in [1.54, 1.807) is 0 Å². The molecule has 2 atom stereocenters. The van der Waals surface area contributed by atoms with Gasteiger partial charge in [0.1, 0.15) is 0 Å². The van der Waals surface area contributed by atoms with Crippen molar-refractivity contribution in [1.29, 1.82) is 0 Å². The van der Waals surface area contributed by atoms with Gasteiger partial charge in [0.25, 0.3) is 0 Å². The van der Waals surface area contributed by atoms with Crippen LogP contribution in [0.5, 0.6) is 0 Å². The van der Waals surface area contributed by atoms with Gasteiger partial charge in [-0.2, -0.15) is 0 Å². The number of hydrogen-bond donors (Lipinski definition) is 2. The van der Waals surface area contributed by atoms with Crippen molar-refractivity contribution in [2.24, 2.45) is 10.9 Å². The van der Waals surface area contributed by atoms with Gasteiger partial charge in [-0.05, 0) is 52.1 Å².